The molecule has 1 aromatic rings. The van der Waals surface area contributed by atoms with Gasteiger partial charge in [-0.1, -0.05) is 20.8 Å². The first-order valence-electron chi connectivity index (χ1n) is 7.48. The molecule has 1 fully saturated rings. The molecule has 1 saturated carbocycles. The van der Waals surface area contributed by atoms with E-state index >= 15 is 0 Å². The van der Waals surface area contributed by atoms with Crippen LogP contribution < -0.4 is 15.8 Å². The van der Waals surface area contributed by atoms with Gasteiger partial charge in [0.15, 0.2) is 0 Å². The van der Waals surface area contributed by atoms with E-state index in [9.17, 15) is 4.79 Å². The van der Waals surface area contributed by atoms with Crippen LogP contribution in [0.3, 0.4) is 0 Å². The van der Waals surface area contributed by atoms with Gasteiger partial charge in [0.05, 0.1) is 7.11 Å². The van der Waals surface area contributed by atoms with Crippen molar-refractivity contribution in [3.63, 3.8) is 0 Å². The van der Waals surface area contributed by atoms with Crippen molar-refractivity contribution < 1.29 is 9.53 Å². The third-order valence-electron chi connectivity index (χ3n) is 4.32. The molecule has 2 unspecified atom stereocenters. The molecule has 0 saturated heterocycles. The van der Waals surface area contributed by atoms with E-state index in [1.807, 2.05) is 24.3 Å². The average Bonchev–Trinajstić information content (AvgIpc) is 2.37. The number of methoxy groups -OCH3 is 1. The molecular formula is C17H26N2O2. The summed E-state index contributed by atoms with van der Waals surface area (Å²) in [5.41, 5.74) is 6.10. The monoisotopic (exact) mass is 290 g/mol. The second-order valence-electron chi connectivity index (χ2n) is 7.15. The number of ether oxygens (including phenoxy) is 1. The normalized spacial score (nSPS) is 27.9. The number of primary amides is 1. The van der Waals surface area contributed by atoms with Gasteiger partial charge in [-0.2, -0.15) is 0 Å². The Balaban J connectivity index is 2.27. The number of benzene rings is 1. The fourth-order valence-electron chi connectivity index (χ4n) is 3.87. The van der Waals surface area contributed by atoms with Crippen LogP contribution in [0, 0.1) is 11.3 Å². The summed E-state index contributed by atoms with van der Waals surface area (Å²) in [6.07, 6.45) is 2.65. The van der Waals surface area contributed by atoms with Crippen molar-refractivity contribution in [1.29, 1.82) is 0 Å². The van der Waals surface area contributed by atoms with E-state index in [1.165, 1.54) is 0 Å². The number of carbonyl (C=O) groups excluding carboxylic acids is 1. The highest BCUT2D eigenvalue weighted by Gasteiger charge is 2.46. The summed E-state index contributed by atoms with van der Waals surface area (Å²) in [5.74, 6) is 0.996. The van der Waals surface area contributed by atoms with Crippen molar-refractivity contribution in [2.24, 2.45) is 17.1 Å². The SMILES string of the molecule is COc1ccc(NC2(C(N)=O)CC(C)CC(C)(C)C2)cc1. The summed E-state index contributed by atoms with van der Waals surface area (Å²) in [4.78, 5) is 12.2. The molecule has 4 heteroatoms. The number of amides is 1. The van der Waals surface area contributed by atoms with Crippen LogP contribution in [0.4, 0.5) is 5.69 Å². The zero-order valence-corrected chi connectivity index (χ0v) is 13.4. The molecule has 0 aromatic heterocycles. The van der Waals surface area contributed by atoms with E-state index in [0.29, 0.717) is 5.92 Å². The second-order valence-corrected chi connectivity index (χ2v) is 7.15. The van der Waals surface area contributed by atoms with Gasteiger partial charge in [-0.05, 0) is 54.9 Å². The second kappa shape index (κ2) is 5.58. The standard InChI is InChI=1S/C17H26N2O2/c1-12-9-16(2,3)11-17(10-12,15(18)20)19-13-5-7-14(21-4)8-6-13/h5-8,12,19H,9-11H2,1-4H3,(H2,18,20). The van der Waals surface area contributed by atoms with Gasteiger partial charge < -0.3 is 15.8 Å². The van der Waals surface area contributed by atoms with Crippen LogP contribution in [-0.4, -0.2) is 18.6 Å². The van der Waals surface area contributed by atoms with Crippen molar-refractivity contribution in [2.75, 3.05) is 12.4 Å². The minimum absolute atomic E-state index is 0.103. The van der Waals surface area contributed by atoms with Crippen LogP contribution in [0.25, 0.3) is 0 Å². The fourth-order valence-corrected chi connectivity index (χ4v) is 3.87. The van der Waals surface area contributed by atoms with Crippen LogP contribution >= 0.6 is 0 Å². The summed E-state index contributed by atoms with van der Waals surface area (Å²) >= 11 is 0. The first-order chi connectivity index (χ1) is 9.76. The smallest absolute Gasteiger partial charge is 0.243 e. The first kappa shape index (κ1) is 15.7. The van der Waals surface area contributed by atoms with Gasteiger partial charge >= 0.3 is 0 Å². The van der Waals surface area contributed by atoms with Crippen molar-refractivity contribution in [1.82, 2.24) is 0 Å². The highest BCUT2D eigenvalue weighted by atomic mass is 16.5. The Morgan fingerprint density at radius 2 is 1.90 bits per heavy atom. The Hall–Kier alpha value is -1.71. The number of nitrogens with two attached hydrogens (primary N) is 1. The van der Waals surface area contributed by atoms with E-state index in [0.717, 1.165) is 30.7 Å². The number of hydrogen-bond donors (Lipinski definition) is 2. The summed E-state index contributed by atoms with van der Waals surface area (Å²) in [7, 11) is 1.64. The number of hydrogen-bond acceptors (Lipinski definition) is 3. The van der Waals surface area contributed by atoms with Gasteiger partial charge in [-0.3, -0.25) is 4.79 Å². The molecule has 0 radical (unpaired) electrons. The van der Waals surface area contributed by atoms with Crippen LogP contribution in [-0.2, 0) is 4.79 Å². The summed E-state index contributed by atoms with van der Waals surface area (Å²) in [5, 5.41) is 3.40. The zero-order valence-electron chi connectivity index (χ0n) is 13.4. The van der Waals surface area contributed by atoms with E-state index in [-0.39, 0.29) is 11.3 Å². The van der Waals surface area contributed by atoms with Gasteiger partial charge in [-0.15, -0.1) is 0 Å². The highest BCUT2D eigenvalue weighted by molar-refractivity contribution is 5.88. The lowest BCUT2D eigenvalue weighted by atomic mass is 9.64. The van der Waals surface area contributed by atoms with Crippen molar-refractivity contribution in [3.8, 4) is 5.75 Å². The van der Waals surface area contributed by atoms with Gasteiger partial charge in [0.25, 0.3) is 0 Å². The largest absolute Gasteiger partial charge is 0.497 e. The van der Waals surface area contributed by atoms with Crippen LogP contribution in [0.1, 0.15) is 40.0 Å². The third-order valence-corrected chi connectivity index (χ3v) is 4.32. The molecule has 0 aliphatic heterocycles. The van der Waals surface area contributed by atoms with Crippen LogP contribution in [0.15, 0.2) is 24.3 Å². The molecule has 0 spiro atoms. The third kappa shape index (κ3) is 3.49. The Kier molecular flexibility index (Phi) is 4.17. The lowest BCUT2D eigenvalue weighted by Gasteiger charge is -2.46. The summed E-state index contributed by atoms with van der Waals surface area (Å²) in [6.45, 7) is 6.60. The maximum atomic E-state index is 12.2. The van der Waals surface area contributed by atoms with Crippen molar-refractivity contribution in [3.05, 3.63) is 24.3 Å². The van der Waals surface area contributed by atoms with Crippen molar-refractivity contribution in [2.45, 2.75) is 45.6 Å². The van der Waals surface area contributed by atoms with E-state index in [1.54, 1.807) is 7.11 Å². The highest BCUT2D eigenvalue weighted by Crippen LogP contribution is 2.45. The lowest BCUT2D eigenvalue weighted by molar-refractivity contribution is -0.125. The number of carbonyl (C=O) groups is 1. The Morgan fingerprint density at radius 1 is 1.29 bits per heavy atom. The van der Waals surface area contributed by atoms with E-state index in [2.05, 4.69) is 26.1 Å². The van der Waals surface area contributed by atoms with E-state index in [4.69, 9.17) is 10.5 Å². The molecule has 1 aliphatic rings. The number of rotatable bonds is 4. The summed E-state index contributed by atoms with van der Waals surface area (Å²) in [6, 6.07) is 7.62. The molecule has 4 nitrogen and oxygen atoms in total. The van der Waals surface area contributed by atoms with Crippen molar-refractivity contribution >= 4 is 11.6 Å². The van der Waals surface area contributed by atoms with E-state index < -0.39 is 5.54 Å². The van der Waals surface area contributed by atoms with Gasteiger partial charge in [-0.25, -0.2) is 0 Å². The topological polar surface area (TPSA) is 64.3 Å². The molecule has 1 aromatic carbocycles. The number of nitrogens with one attached hydrogen (secondary N) is 1. The van der Waals surface area contributed by atoms with Crippen LogP contribution in [0.2, 0.25) is 0 Å². The molecular weight excluding hydrogens is 264 g/mol. The molecule has 3 N–H and O–H groups in total. The van der Waals surface area contributed by atoms with Gasteiger partial charge in [0.1, 0.15) is 11.3 Å². The summed E-state index contributed by atoms with van der Waals surface area (Å²) < 4.78 is 5.16. The van der Waals surface area contributed by atoms with Gasteiger partial charge in [0.2, 0.25) is 5.91 Å². The molecule has 1 aliphatic carbocycles. The van der Waals surface area contributed by atoms with Crippen LogP contribution in [0.5, 0.6) is 5.75 Å². The molecule has 21 heavy (non-hydrogen) atoms. The quantitative estimate of drug-likeness (QED) is 0.895. The molecule has 0 heterocycles. The lowest BCUT2D eigenvalue weighted by Crippen LogP contribution is -2.56. The maximum absolute atomic E-state index is 12.2. The molecule has 1 amide bonds. The predicted molar refractivity (Wildman–Crippen MR) is 85.3 cm³/mol. The maximum Gasteiger partial charge on any atom is 0.243 e. The fraction of sp³-hybridized carbons (Fsp3) is 0.588. The Bertz CT molecular complexity index is 510. The predicted octanol–water partition coefficient (Wildman–Crippen LogP) is 3.18. The first-order valence-corrected chi connectivity index (χ1v) is 7.48. The zero-order chi connectivity index (χ0) is 15.7. The number of anilines is 1. The Morgan fingerprint density at radius 3 is 2.38 bits per heavy atom. The minimum atomic E-state index is -0.671. The molecule has 0 bridgehead atoms. The minimum Gasteiger partial charge on any atom is -0.497 e. The molecule has 116 valence electrons. The average molecular weight is 290 g/mol. The molecule has 2 atom stereocenters. The molecule has 2 rings (SSSR count). The Labute approximate surface area is 127 Å². The van der Waals surface area contributed by atoms with Gasteiger partial charge in [0, 0.05) is 5.69 Å².